The molecular formula is C28H23F2N5O3. The maximum absolute atomic E-state index is 16.1. The quantitative estimate of drug-likeness (QED) is 0.262. The second-order valence-electron chi connectivity index (χ2n) is 10.2. The molecule has 5 aromatic rings. The van der Waals surface area contributed by atoms with E-state index in [0.29, 0.717) is 22.2 Å². The van der Waals surface area contributed by atoms with E-state index in [1.54, 1.807) is 18.3 Å². The van der Waals surface area contributed by atoms with Gasteiger partial charge in [0, 0.05) is 28.6 Å². The van der Waals surface area contributed by atoms with Crippen LogP contribution in [0.1, 0.15) is 25.7 Å². The lowest BCUT2D eigenvalue weighted by atomic mass is 9.61. The number of pyridine rings is 1. The van der Waals surface area contributed by atoms with Crippen LogP contribution in [0.2, 0.25) is 0 Å². The molecule has 3 aliphatic rings. The molecule has 192 valence electrons. The topological polar surface area (TPSA) is 117 Å². The molecule has 3 saturated carbocycles. The average molecular weight is 516 g/mol. The first kappa shape index (κ1) is 22.8. The SMILES string of the molecule is O=C(O)C1C2CCC(CC2)C1Nc1nc(-c2c[nH]c3ncc(F)cc23)nc(-c2cc3ccccc3o2)c1F. The summed E-state index contributed by atoms with van der Waals surface area (Å²) in [6, 6.07) is 9.86. The number of halogens is 2. The van der Waals surface area contributed by atoms with E-state index >= 15 is 4.39 Å². The van der Waals surface area contributed by atoms with Crippen molar-refractivity contribution in [1.29, 1.82) is 0 Å². The molecule has 8 rings (SSSR count). The van der Waals surface area contributed by atoms with E-state index in [2.05, 4.69) is 25.3 Å². The summed E-state index contributed by atoms with van der Waals surface area (Å²) in [4.78, 5) is 28.3. The van der Waals surface area contributed by atoms with Crippen LogP contribution in [0.5, 0.6) is 0 Å². The van der Waals surface area contributed by atoms with Crippen LogP contribution < -0.4 is 5.32 Å². The number of aromatic amines is 1. The van der Waals surface area contributed by atoms with Crippen molar-refractivity contribution in [1.82, 2.24) is 19.9 Å². The molecule has 38 heavy (non-hydrogen) atoms. The molecule has 2 atom stereocenters. The van der Waals surface area contributed by atoms with Crippen LogP contribution in [0.25, 0.3) is 44.8 Å². The highest BCUT2D eigenvalue weighted by Crippen LogP contribution is 2.47. The maximum atomic E-state index is 16.1. The van der Waals surface area contributed by atoms with Gasteiger partial charge in [0.05, 0.1) is 12.1 Å². The molecule has 0 aliphatic heterocycles. The minimum absolute atomic E-state index is 0.0388. The number of hydrogen-bond acceptors (Lipinski definition) is 6. The number of furan rings is 1. The van der Waals surface area contributed by atoms with Crippen LogP contribution in [0.15, 0.2) is 53.2 Å². The Kier molecular flexibility index (Phi) is 5.17. The van der Waals surface area contributed by atoms with Gasteiger partial charge in [0.25, 0.3) is 0 Å². The van der Waals surface area contributed by atoms with E-state index in [0.717, 1.165) is 37.3 Å². The van der Waals surface area contributed by atoms with Gasteiger partial charge in [0.2, 0.25) is 0 Å². The van der Waals surface area contributed by atoms with Crippen LogP contribution in [-0.4, -0.2) is 37.1 Å². The zero-order chi connectivity index (χ0) is 26.0. The van der Waals surface area contributed by atoms with Crippen molar-refractivity contribution in [2.75, 3.05) is 5.32 Å². The number of carbonyl (C=O) groups is 1. The lowest BCUT2D eigenvalue weighted by Crippen LogP contribution is -2.51. The molecular weight excluding hydrogens is 492 g/mol. The number of anilines is 1. The summed E-state index contributed by atoms with van der Waals surface area (Å²) in [5, 5.41) is 14.4. The van der Waals surface area contributed by atoms with Gasteiger partial charge in [-0.2, -0.15) is 0 Å². The smallest absolute Gasteiger partial charge is 0.308 e. The van der Waals surface area contributed by atoms with E-state index in [4.69, 9.17) is 4.42 Å². The molecule has 4 heterocycles. The van der Waals surface area contributed by atoms with Crippen LogP contribution >= 0.6 is 0 Å². The Morgan fingerprint density at radius 1 is 1.08 bits per heavy atom. The highest BCUT2D eigenvalue weighted by Gasteiger charge is 2.47. The lowest BCUT2D eigenvalue weighted by Gasteiger charge is -2.47. The first-order chi connectivity index (χ1) is 18.5. The van der Waals surface area contributed by atoms with Gasteiger partial charge < -0.3 is 19.8 Å². The van der Waals surface area contributed by atoms with Crippen molar-refractivity contribution in [3.63, 3.8) is 0 Å². The fraction of sp³-hybridized carbons (Fsp3) is 0.286. The van der Waals surface area contributed by atoms with Crippen molar-refractivity contribution in [3.05, 3.63) is 60.4 Å². The summed E-state index contributed by atoms with van der Waals surface area (Å²) in [6.07, 6.45) is 6.18. The predicted molar refractivity (Wildman–Crippen MR) is 136 cm³/mol. The second-order valence-corrected chi connectivity index (χ2v) is 10.2. The highest BCUT2D eigenvalue weighted by atomic mass is 19.1. The van der Waals surface area contributed by atoms with Gasteiger partial charge in [0.15, 0.2) is 23.2 Å². The van der Waals surface area contributed by atoms with E-state index in [-0.39, 0.29) is 34.9 Å². The molecule has 10 heteroatoms. The standard InChI is InChI=1S/C28H23F2N5O3/c29-16-10-17-18(12-32-25(17)31-11-16)26-34-24(20-9-15-3-1-2-4-19(15)38-20)22(30)27(35-26)33-23-14-7-5-13(6-8-14)21(23)28(36)37/h1-4,9-14,21,23H,5-8H2,(H,31,32)(H,36,37)(H,33,34,35). The first-order valence-electron chi connectivity index (χ1n) is 12.6. The highest BCUT2D eigenvalue weighted by molar-refractivity contribution is 5.92. The van der Waals surface area contributed by atoms with Crippen LogP contribution in [0, 0.1) is 29.4 Å². The molecule has 2 bridgehead atoms. The fourth-order valence-corrected chi connectivity index (χ4v) is 6.26. The number of fused-ring (bicyclic) bond motifs is 5. The molecule has 0 saturated heterocycles. The Labute approximate surface area is 215 Å². The average Bonchev–Trinajstić information content (AvgIpc) is 3.54. The summed E-state index contributed by atoms with van der Waals surface area (Å²) < 4.78 is 36.1. The van der Waals surface area contributed by atoms with Gasteiger partial charge >= 0.3 is 5.97 Å². The molecule has 3 aliphatic carbocycles. The van der Waals surface area contributed by atoms with Gasteiger partial charge in [-0.1, -0.05) is 18.2 Å². The number of aromatic nitrogens is 4. The minimum atomic E-state index is -0.887. The normalized spacial score (nSPS) is 22.8. The predicted octanol–water partition coefficient (Wildman–Crippen LogP) is 6.01. The number of para-hydroxylation sites is 1. The summed E-state index contributed by atoms with van der Waals surface area (Å²) >= 11 is 0. The molecule has 3 N–H and O–H groups in total. The zero-order valence-corrected chi connectivity index (χ0v) is 20.1. The number of carboxylic acids is 1. The van der Waals surface area contributed by atoms with E-state index < -0.39 is 29.6 Å². The number of aliphatic carboxylic acids is 1. The zero-order valence-electron chi connectivity index (χ0n) is 20.1. The molecule has 4 aromatic heterocycles. The molecule has 1 aromatic carbocycles. The van der Waals surface area contributed by atoms with Crippen LogP contribution in [-0.2, 0) is 4.79 Å². The van der Waals surface area contributed by atoms with E-state index in [9.17, 15) is 14.3 Å². The van der Waals surface area contributed by atoms with E-state index in [1.807, 2.05) is 18.2 Å². The van der Waals surface area contributed by atoms with E-state index in [1.165, 1.54) is 6.07 Å². The van der Waals surface area contributed by atoms with Gasteiger partial charge in [-0.15, -0.1) is 0 Å². The van der Waals surface area contributed by atoms with Crippen molar-refractivity contribution < 1.29 is 23.1 Å². The Hall–Kier alpha value is -4.34. The first-order valence-corrected chi connectivity index (χ1v) is 12.6. The Bertz CT molecular complexity index is 1670. The number of hydrogen-bond donors (Lipinski definition) is 3. The third-order valence-corrected chi connectivity index (χ3v) is 8.06. The molecule has 8 nitrogen and oxygen atoms in total. The molecule has 0 spiro atoms. The third-order valence-electron chi connectivity index (χ3n) is 8.06. The Balaban J connectivity index is 1.40. The van der Waals surface area contributed by atoms with Crippen molar-refractivity contribution in [2.45, 2.75) is 31.7 Å². The van der Waals surface area contributed by atoms with Gasteiger partial charge in [0.1, 0.15) is 22.7 Å². The maximum Gasteiger partial charge on any atom is 0.308 e. The number of benzene rings is 1. The molecule has 0 radical (unpaired) electrons. The molecule has 3 fully saturated rings. The Morgan fingerprint density at radius 3 is 2.66 bits per heavy atom. The van der Waals surface area contributed by atoms with Crippen molar-refractivity contribution >= 4 is 33.8 Å². The molecule has 0 amide bonds. The number of H-pyrrole nitrogens is 1. The number of carboxylic acid groups (broad SMARTS) is 1. The van der Waals surface area contributed by atoms with Crippen molar-refractivity contribution in [2.24, 2.45) is 17.8 Å². The summed E-state index contributed by atoms with van der Waals surface area (Å²) in [5.74, 6) is -2.41. The minimum Gasteiger partial charge on any atom is -0.481 e. The van der Waals surface area contributed by atoms with Crippen LogP contribution in [0.3, 0.4) is 0 Å². The Morgan fingerprint density at radius 2 is 1.87 bits per heavy atom. The van der Waals surface area contributed by atoms with Gasteiger partial charge in [-0.05, 0) is 55.7 Å². The fourth-order valence-electron chi connectivity index (χ4n) is 6.26. The van der Waals surface area contributed by atoms with Crippen molar-refractivity contribution in [3.8, 4) is 22.8 Å². The van der Waals surface area contributed by atoms with Gasteiger partial charge in [-0.3, -0.25) is 4.79 Å². The number of rotatable bonds is 5. The third kappa shape index (κ3) is 3.62. The summed E-state index contributed by atoms with van der Waals surface area (Å²) in [7, 11) is 0. The molecule has 2 unspecified atom stereocenters. The summed E-state index contributed by atoms with van der Waals surface area (Å²) in [5.41, 5.74) is 1.38. The number of nitrogens with one attached hydrogen (secondary N) is 2. The van der Waals surface area contributed by atoms with Gasteiger partial charge in [-0.25, -0.2) is 23.7 Å². The monoisotopic (exact) mass is 515 g/mol. The second kappa shape index (κ2) is 8.61. The lowest BCUT2D eigenvalue weighted by molar-refractivity contribution is -0.148. The largest absolute Gasteiger partial charge is 0.481 e. The number of nitrogens with zero attached hydrogens (tertiary/aromatic N) is 3. The van der Waals surface area contributed by atoms with Crippen LogP contribution in [0.4, 0.5) is 14.6 Å². The summed E-state index contributed by atoms with van der Waals surface area (Å²) in [6.45, 7) is 0.